The summed E-state index contributed by atoms with van der Waals surface area (Å²) < 4.78 is 28.0. The van der Waals surface area contributed by atoms with Crippen LogP contribution >= 0.6 is 0 Å². The van der Waals surface area contributed by atoms with E-state index in [4.69, 9.17) is 0 Å². The maximum absolute atomic E-state index is 12.6. The largest absolute Gasteiger partial charge is 0.353 e. The monoisotopic (exact) mass is 420 g/mol. The molecule has 3 aliphatic rings. The smallest absolute Gasteiger partial charge is 0.240 e. The molecule has 3 saturated heterocycles. The van der Waals surface area contributed by atoms with Gasteiger partial charge in [-0.3, -0.25) is 14.5 Å². The van der Waals surface area contributed by atoms with E-state index < -0.39 is 10.0 Å². The zero-order chi connectivity index (χ0) is 20.4. The molecule has 3 atom stereocenters. The second-order valence-corrected chi connectivity index (χ2v) is 9.82. The van der Waals surface area contributed by atoms with Crippen LogP contribution in [0.2, 0.25) is 0 Å². The van der Waals surface area contributed by atoms with Crippen LogP contribution in [0.15, 0.2) is 35.2 Å². The Morgan fingerprint density at radius 1 is 1.17 bits per heavy atom. The summed E-state index contributed by atoms with van der Waals surface area (Å²) in [6, 6.07) is 7.64. The molecule has 3 fully saturated rings. The molecule has 158 valence electrons. The molecule has 2 N–H and O–H groups in total. The fraction of sp³-hybridized carbons (Fsp3) is 0.600. The number of piperazine rings is 1. The lowest BCUT2D eigenvalue weighted by Gasteiger charge is -2.37. The molecular weight excluding hydrogens is 392 g/mol. The first kappa shape index (κ1) is 20.3. The number of nitrogens with one attached hydrogen (secondary N) is 2. The van der Waals surface area contributed by atoms with Gasteiger partial charge in [0.05, 0.1) is 10.9 Å². The highest BCUT2D eigenvalue weighted by atomic mass is 32.2. The van der Waals surface area contributed by atoms with Crippen LogP contribution in [0, 0.1) is 0 Å². The zero-order valence-electron chi connectivity index (χ0n) is 16.4. The normalized spacial score (nSPS) is 27.7. The van der Waals surface area contributed by atoms with E-state index in [0.29, 0.717) is 32.4 Å². The van der Waals surface area contributed by atoms with Gasteiger partial charge in [-0.05, 0) is 37.8 Å². The number of amides is 2. The van der Waals surface area contributed by atoms with E-state index in [1.807, 2.05) is 4.90 Å². The van der Waals surface area contributed by atoms with Gasteiger partial charge in [0, 0.05) is 44.7 Å². The maximum atomic E-state index is 12.6. The van der Waals surface area contributed by atoms with Crippen molar-refractivity contribution in [3.63, 3.8) is 0 Å². The summed E-state index contributed by atoms with van der Waals surface area (Å²) in [5.41, 5.74) is 0. The summed E-state index contributed by atoms with van der Waals surface area (Å²) in [7, 11) is -3.63. The highest BCUT2D eigenvalue weighted by molar-refractivity contribution is 7.89. The van der Waals surface area contributed by atoms with Crippen LogP contribution in [0.4, 0.5) is 0 Å². The summed E-state index contributed by atoms with van der Waals surface area (Å²) in [4.78, 5) is 28.9. The van der Waals surface area contributed by atoms with Crippen LogP contribution < -0.4 is 10.0 Å². The highest BCUT2D eigenvalue weighted by Crippen LogP contribution is 2.27. The Morgan fingerprint density at radius 2 is 1.90 bits per heavy atom. The minimum atomic E-state index is -3.63. The van der Waals surface area contributed by atoms with E-state index in [-0.39, 0.29) is 34.8 Å². The van der Waals surface area contributed by atoms with Gasteiger partial charge >= 0.3 is 0 Å². The first-order valence-corrected chi connectivity index (χ1v) is 11.8. The molecule has 3 aliphatic heterocycles. The van der Waals surface area contributed by atoms with Gasteiger partial charge in [0.2, 0.25) is 21.8 Å². The molecule has 0 radical (unpaired) electrons. The molecule has 0 spiro atoms. The predicted molar refractivity (Wildman–Crippen MR) is 108 cm³/mol. The van der Waals surface area contributed by atoms with Crippen molar-refractivity contribution in [3.8, 4) is 0 Å². The predicted octanol–water partition coefficient (Wildman–Crippen LogP) is 0.309. The number of fused-ring (bicyclic) bond motifs is 1. The molecular formula is C20H28N4O4S. The summed E-state index contributed by atoms with van der Waals surface area (Å²) >= 11 is 0. The summed E-state index contributed by atoms with van der Waals surface area (Å²) in [5.74, 6) is 0.116. The Hall–Kier alpha value is -1.97. The van der Waals surface area contributed by atoms with Gasteiger partial charge in [0.1, 0.15) is 0 Å². The van der Waals surface area contributed by atoms with Crippen LogP contribution in [-0.2, 0) is 19.6 Å². The molecule has 0 saturated carbocycles. The minimum Gasteiger partial charge on any atom is -0.353 e. The molecule has 0 aliphatic carbocycles. The number of carbonyl (C=O) groups is 2. The third-order valence-electron chi connectivity index (χ3n) is 6.15. The first-order valence-electron chi connectivity index (χ1n) is 10.3. The van der Waals surface area contributed by atoms with Crippen molar-refractivity contribution in [2.24, 2.45) is 0 Å². The van der Waals surface area contributed by atoms with Crippen LogP contribution in [0.5, 0.6) is 0 Å². The van der Waals surface area contributed by atoms with Gasteiger partial charge in [-0.2, -0.15) is 0 Å². The second-order valence-electron chi connectivity index (χ2n) is 8.11. The van der Waals surface area contributed by atoms with Gasteiger partial charge in [0.15, 0.2) is 0 Å². The Morgan fingerprint density at radius 3 is 2.62 bits per heavy atom. The van der Waals surface area contributed by atoms with Gasteiger partial charge in [0.25, 0.3) is 0 Å². The average Bonchev–Trinajstić information content (AvgIpc) is 3.38. The van der Waals surface area contributed by atoms with Gasteiger partial charge in [-0.25, -0.2) is 13.1 Å². The molecule has 4 rings (SSSR count). The number of hydrogen-bond acceptors (Lipinski definition) is 5. The van der Waals surface area contributed by atoms with E-state index in [0.717, 1.165) is 25.9 Å². The van der Waals surface area contributed by atoms with Crippen LogP contribution in [0.25, 0.3) is 0 Å². The van der Waals surface area contributed by atoms with Gasteiger partial charge in [-0.15, -0.1) is 0 Å². The molecule has 9 heteroatoms. The standard InChI is InChI=1S/C20H28N4O4S/c25-19(23-10-4-5-11-23)9-8-16-13-21-20(26)18-12-15(14-24(16)18)22-29(27,28)17-6-2-1-3-7-17/h1-3,6-7,15-16,18,22H,4-5,8-14H2,(H,21,26)/t15-,16+,18-/m0/s1. The van der Waals surface area contributed by atoms with Crippen LogP contribution in [0.1, 0.15) is 32.1 Å². The average molecular weight is 421 g/mol. The van der Waals surface area contributed by atoms with Crippen molar-refractivity contribution in [2.75, 3.05) is 26.2 Å². The van der Waals surface area contributed by atoms with Crippen molar-refractivity contribution in [1.29, 1.82) is 0 Å². The van der Waals surface area contributed by atoms with Gasteiger partial charge in [-0.1, -0.05) is 18.2 Å². The number of likely N-dealkylation sites (tertiary alicyclic amines) is 1. The summed E-state index contributed by atoms with van der Waals surface area (Å²) in [6.45, 7) is 2.67. The molecule has 1 aromatic carbocycles. The third-order valence-corrected chi connectivity index (χ3v) is 7.68. The van der Waals surface area contributed by atoms with E-state index in [2.05, 4.69) is 14.9 Å². The molecule has 0 unspecified atom stereocenters. The SMILES string of the molecule is O=C1NC[C@@H](CCC(=O)N2CCCC2)N2C[C@@H](NS(=O)(=O)c3ccccc3)C[C@@H]12. The zero-order valence-corrected chi connectivity index (χ0v) is 17.2. The molecule has 29 heavy (non-hydrogen) atoms. The molecule has 0 bridgehead atoms. The van der Waals surface area contributed by atoms with Crippen LogP contribution in [-0.4, -0.2) is 74.3 Å². The lowest BCUT2D eigenvalue weighted by Crippen LogP contribution is -2.58. The van der Waals surface area contributed by atoms with E-state index in [1.54, 1.807) is 30.3 Å². The number of hydrogen-bond donors (Lipinski definition) is 2. The molecule has 8 nitrogen and oxygen atoms in total. The van der Waals surface area contributed by atoms with E-state index >= 15 is 0 Å². The fourth-order valence-electron chi connectivity index (χ4n) is 4.63. The van der Waals surface area contributed by atoms with Crippen molar-refractivity contribution in [2.45, 2.75) is 55.1 Å². The maximum Gasteiger partial charge on any atom is 0.240 e. The molecule has 2 amide bonds. The van der Waals surface area contributed by atoms with Crippen molar-refractivity contribution in [1.82, 2.24) is 19.8 Å². The minimum absolute atomic E-state index is 0.0514. The Balaban J connectivity index is 1.38. The quantitative estimate of drug-likeness (QED) is 0.690. The molecule has 3 heterocycles. The first-order chi connectivity index (χ1) is 13.9. The number of rotatable bonds is 6. The number of carbonyl (C=O) groups excluding carboxylic acids is 2. The van der Waals surface area contributed by atoms with Crippen LogP contribution in [0.3, 0.4) is 0 Å². The number of sulfonamides is 1. The van der Waals surface area contributed by atoms with Crippen molar-refractivity contribution < 1.29 is 18.0 Å². The molecule has 1 aromatic rings. The lowest BCUT2D eigenvalue weighted by atomic mass is 10.0. The Labute approximate surface area is 171 Å². The number of benzene rings is 1. The topological polar surface area (TPSA) is 98.8 Å². The summed E-state index contributed by atoms with van der Waals surface area (Å²) in [6.07, 6.45) is 3.72. The Kier molecular flexibility index (Phi) is 5.89. The second kappa shape index (κ2) is 8.41. The number of nitrogens with zero attached hydrogens (tertiary/aromatic N) is 2. The van der Waals surface area contributed by atoms with E-state index in [1.165, 1.54) is 0 Å². The van der Waals surface area contributed by atoms with Gasteiger partial charge < -0.3 is 10.2 Å². The molecule has 0 aromatic heterocycles. The van der Waals surface area contributed by atoms with E-state index in [9.17, 15) is 18.0 Å². The third kappa shape index (κ3) is 4.46. The summed E-state index contributed by atoms with van der Waals surface area (Å²) in [5, 5.41) is 2.93. The van der Waals surface area contributed by atoms with Crippen molar-refractivity contribution in [3.05, 3.63) is 30.3 Å². The Bertz CT molecular complexity index is 854. The highest BCUT2D eigenvalue weighted by Gasteiger charge is 2.44. The fourth-order valence-corrected chi connectivity index (χ4v) is 5.89. The van der Waals surface area contributed by atoms with Crippen molar-refractivity contribution >= 4 is 21.8 Å². The lowest BCUT2D eigenvalue weighted by molar-refractivity contribution is -0.131.